The van der Waals surface area contributed by atoms with E-state index in [1.54, 1.807) is 19.3 Å². The van der Waals surface area contributed by atoms with Crippen molar-refractivity contribution in [2.45, 2.75) is 25.9 Å². The summed E-state index contributed by atoms with van der Waals surface area (Å²) in [5, 5.41) is 9.84. The van der Waals surface area contributed by atoms with Crippen LogP contribution < -0.4 is 4.74 Å². The van der Waals surface area contributed by atoms with Crippen LogP contribution in [0.25, 0.3) is 0 Å². The van der Waals surface area contributed by atoms with Crippen LogP contribution in [0.3, 0.4) is 0 Å². The lowest BCUT2D eigenvalue weighted by atomic mass is 9.96. The maximum absolute atomic E-state index is 9.84. The standard InChI is InChI=1S/C9H14N2O2/c1-4-9(2,12)7-5-10-8(13-3)11-6-7/h5-6,12H,4H2,1-3H3. The maximum Gasteiger partial charge on any atom is 0.316 e. The predicted octanol–water partition coefficient (Wildman–Crippen LogP) is 1.10. The number of aromatic nitrogens is 2. The molecule has 0 saturated heterocycles. The smallest absolute Gasteiger partial charge is 0.316 e. The molecule has 0 amide bonds. The number of ether oxygens (including phenoxy) is 1. The molecule has 0 aromatic carbocycles. The van der Waals surface area contributed by atoms with Crippen molar-refractivity contribution in [3.05, 3.63) is 18.0 Å². The molecule has 1 heterocycles. The number of hydrogen-bond donors (Lipinski definition) is 1. The van der Waals surface area contributed by atoms with Crippen molar-refractivity contribution in [1.29, 1.82) is 0 Å². The minimum absolute atomic E-state index is 0.315. The topological polar surface area (TPSA) is 55.2 Å². The summed E-state index contributed by atoms with van der Waals surface area (Å²) in [5.41, 5.74) is -0.150. The fourth-order valence-corrected chi connectivity index (χ4v) is 0.904. The lowest BCUT2D eigenvalue weighted by Crippen LogP contribution is -2.20. The Labute approximate surface area is 77.6 Å². The summed E-state index contributed by atoms with van der Waals surface area (Å²) in [6.07, 6.45) is 3.79. The van der Waals surface area contributed by atoms with Crippen LogP contribution in [0.5, 0.6) is 6.01 Å². The fraction of sp³-hybridized carbons (Fsp3) is 0.556. The molecule has 1 N–H and O–H groups in total. The number of rotatable bonds is 3. The van der Waals surface area contributed by atoms with Gasteiger partial charge in [-0.3, -0.25) is 0 Å². The zero-order valence-corrected chi connectivity index (χ0v) is 8.11. The van der Waals surface area contributed by atoms with Gasteiger partial charge in [-0.05, 0) is 13.3 Å². The van der Waals surface area contributed by atoms with Crippen molar-refractivity contribution in [1.82, 2.24) is 9.97 Å². The van der Waals surface area contributed by atoms with Gasteiger partial charge in [0.15, 0.2) is 0 Å². The molecule has 4 nitrogen and oxygen atoms in total. The van der Waals surface area contributed by atoms with Gasteiger partial charge in [-0.15, -0.1) is 0 Å². The van der Waals surface area contributed by atoms with E-state index in [-0.39, 0.29) is 0 Å². The van der Waals surface area contributed by atoms with E-state index in [1.807, 2.05) is 6.92 Å². The van der Waals surface area contributed by atoms with Gasteiger partial charge in [-0.2, -0.15) is 0 Å². The van der Waals surface area contributed by atoms with Crippen LogP contribution in [0.2, 0.25) is 0 Å². The highest BCUT2D eigenvalue weighted by molar-refractivity contribution is 5.15. The van der Waals surface area contributed by atoms with Crippen LogP contribution in [-0.4, -0.2) is 22.2 Å². The van der Waals surface area contributed by atoms with Gasteiger partial charge >= 0.3 is 6.01 Å². The molecular formula is C9H14N2O2. The molecule has 4 heteroatoms. The molecule has 0 saturated carbocycles. The highest BCUT2D eigenvalue weighted by atomic mass is 16.5. The van der Waals surface area contributed by atoms with Gasteiger partial charge < -0.3 is 9.84 Å². The van der Waals surface area contributed by atoms with Gasteiger partial charge in [-0.25, -0.2) is 9.97 Å². The molecule has 0 fully saturated rings. The lowest BCUT2D eigenvalue weighted by Gasteiger charge is -2.20. The van der Waals surface area contributed by atoms with Crippen LogP contribution >= 0.6 is 0 Å². The van der Waals surface area contributed by atoms with E-state index in [0.717, 1.165) is 0 Å². The monoisotopic (exact) mass is 182 g/mol. The fourth-order valence-electron chi connectivity index (χ4n) is 0.904. The molecule has 72 valence electrons. The van der Waals surface area contributed by atoms with Crippen molar-refractivity contribution < 1.29 is 9.84 Å². The molecule has 0 aliphatic carbocycles. The van der Waals surface area contributed by atoms with Crippen LogP contribution in [0.15, 0.2) is 12.4 Å². The minimum atomic E-state index is -0.855. The van der Waals surface area contributed by atoms with E-state index < -0.39 is 5.60 Å². The third-order valence-electron chi connectivity index (χ3n) is 2.12. The first kappa shape index (κ1) is 9.92. The van der Waals surface area contributed by atoms with Crippen molar-refractivity contribution >= 4 is 0 Å². The Morgan fingerprint density at radius 3 is 2.38 bits per heavy atom. The van der Waals surface area contributed by atoms with Crippen LogP contribution in [-0.2, 0) is 5.60 Å². The van der Waals surface area contributed by atoms with Gasteiger partial charge in [0, 0.05) is 18.0 Å². The molecule has 1 aromatic heterocycles. The van der Waals surface area contributed by atoms with E-state index in [2.05, 4.69) is 9.97 Å². The third-order valence-corrected chi connectivity index (χ3v) is 2.12. The second-order valence-electron chi connectivity index (χ2n) is 3.09. The van der Waals surface area contributed by atoms with Gasteiger partial charge in [-0.1, -0.05) is 6.92 Å². The largest absolute Gasteiger partial charge is 0.467 e. The average molecular weight is 182 g/mol. The Balaban J connectivity index is 2.92. The molecular weight excluding hydrogens is 168 g/mol. The van der Waals surface area contributed by atoms with Crippen molar-refractivity contribution in [3.63, 3.8) is 0 Å². The maximum atomic E-state index is 9.84. The molecule has 0 radical (unpaired) electrons. The predicted molar refractivity (Wildman–Crippen MR) is 48.4 cm³/mol. The van der Waals surface area contributed by atoms with Crippen LogP contribution in [0.1, 0.15) is 25.8 Å². The molecule has 0 aliphatic heterocycles. The normalized spacial score (nSPS) is 15.1. The Hall–Kier alpha value is -1.16. The number of hydrogen-bond acceptors (Lipinski definition) is 4. The van der Waals surface area contributed by atoms with E-state index in [0.29, 0.717) is 18.0 Å². The Kier molecular flexibility index (Phi) is 2.83. The summed E-state index contributed by atoms with van der Waals surface area (Å²) < 4.78 is 4.81. The Bertz CT molecular complexity index is 269. The molecule has 0 aliphatic rings. The van der Waals surface area contributed by atoms with Gasteiger partial charge in [0.05, 0.1) is 12.7 Å². The minimum Gasteiger partial charge on any atom is -0.467 e. The lowest BCUT2D eigenvalue weighted by molar-refractivity contribution is 0.0522. The van der Waals surface area contributed by atoms with E-state index in [1.165, 1.54) is 7.11 Å². The van der Waals surface area contributed by atoms with Crippen molar-refractivity contribution in [2.75, 3.05) is 7.11 Å². The first-order chi connectivity index (χ1) is 6.10. The van der Waals surface area contributed by atoms with E-state index in [9.17, 15) is 5.11 Å². The van der Waals surface area contributed by atoms with Gasteiger partial charge in [0.1, 0.15) is 0 Å². The first-order valence-corrected chi connectivity index (χ1v) is 4.19. The quantitative estimate of drug-likeness (QED) is 0.760. The summed E-state index contributed by atoms with van der Waals surface area (Å²) in [6, 6.07) is 0.315. The van der Waals surface area contributed by atoms with Crippen molar-refractivity contribution in [3.8, 4) is 6.01 Å². The summed E-state index contributed by atoms with van der Waals surface area (Å²) in [7, 11) is 1.51. The molecule has 1 rings (SSSR count). The van der Waals surface area contributed by atoms with Crippen LogP contribution in [0.4, 0.5) is 0 Å². The molecule has 0 spiro atoms. The summed E-state index contributed by atoms with van der Waals surface area (Å²) in [5.74, 6) is 0. The van der Waals surface area contributed by atoms with Crippen LogP contribution in [0, 0.1) is 0 Å². The molecule has 1 aromatic rings. The van der Waals surface area contributed by atoms with Crippen molar-refractivity contribution in [2.24, 2.45) is 0 Å². The van der Waals surface area contributed by atoms with E-state index in [4.69, 9.17) is 4.74 Å². The Morgan fingerprint density at radius 2 is 2.00 bits per heavy atom. The third kappa shape index (κ3) is 2.15. The zero-order chi connectivity index (χ0) is 9.90. The summed E-state index contributed by atoms with van der Waals surface area (Å²) in [6.45, 7) is 3.64. The molecule has 1 unspecified atom stereocenters. The molecule has 0 bridgehead atoms. The first-order valence-electron chi connectivity index (χ1n) is 4.19. The summed E-state index contributed by atoms with van der Waals surface area (Å²) in [4.78, 5) is 7.84. The summed E-state index contributed by atoms with van der Waals surface area (Å²) >= 11 is 0. The number of nitrogens with zero attached hydrogens (tertiary/aromatic N) is 2. The van der Waals surface area contributed by atoms with Gasteiger partial charge in [0.2, 0.25) is 0 Å². The SMILES string of the molecule is CCC(C)(O)c1cnc(OC)nc1. The highest BCUT2D eigenvalue weighted by Gasteiger charge is 2.21. The Morgan fingerprint density at radius 1 is 1.46 bits per heavy atom. The molecule has 1 atom stereocenters. The second-order valence-corrected chi connectivity index (χ2v) is 3.09. The zero-order valence-electron chi connectivity index (χ0n) is 8.11. The second kappa shape index (κ2) is 3.70. The van der Waals surface area contributed by atoms with E-state index >= 15 is 0 Å². The average Bonchev–Trinajstić information content (AvgIpc) is 2.18. The molecule has 13 heavy (non-hydrogen) atoms. The van der Waals surface area contributed by atoms with Gasteiger partial charge in [0.25, 0.3) is 0 Å². The number of methoxy groups -OCH3 is 1. The number of aliphatic hydroxyl groups is 1. The highest BCUT2D eigenvalue weighted by Crippen LogP contribution is 2.22.